The number of halogens is 1. The minimum absolute atomic E-state index is 0.331. The number of hydrogen-bond donors (Lipinski definition) is 1. The van der Waals surface area contributed by atoms with Crippen molar-refractivity contribution in [2.75, 3.05) is 26.7 Å². The molecule has 4 aromatic rings. The highest BCUT2D eigenvalue weighted by Gasteiger charge is 2.27. The second-order valence-corrected chi connectivity index (χ2v) is 9.91. The Bertz CT molecular complexity index is 1590. The van der Waals surface area contributed by atoms with Crippen LogP contribution in [0, 0.1) is 24.2 Å². The summed E-state index contributed by atoms with van der Waals surface area (Å²) in [5.74, 6) is 0.331. The zero-order chi connectivity index (χ0) is 27.5. The van der Waals surface area contributed by atoms with Gasteiger partial charge in [0.15, 0.2) is 0 Å². The van der Waals surface area contributed by atoms with Crippen LogP contribution in [0.3, 0.4) is 0 Å². The molecular formula is C29H30FN7O2. The number of likely N-dealkylation sites (tertiary alicyclic amines) is 1. The molecule has 1 saturated heterocycles. The van der Waals surface area contributed by atoms with E-state index in [4.69, 9.17) is 0 Å². The van der Waals surface area contributed by atoms with Crippen LogP contribution in [0.1, 0.15) is 29.7 Å². The Morgan fingerprint density at radius 3 is 2.56 bits per heavy atom. The van der Waals surface area contributed by atoms with Gasteiger partial charge in [0.1, 0.15) is 12.4 Å². The molecule has 5 rings (SSSR count). The number of carbonyl (C=O) groups is 1. The molecule has 1 amide bonds. The van der Waals surface area contributed by atoms with E-state index in [-0.39, 0.29) is 0 Å². The van der Waals surface area contributed by atoms with Crippen molar-refractivity contribution >= 4 is 6.03 Å². The highest BCUT2D eigenvalue weighted by atomic mass is 19.1. The van der Waals surface area contributed by atoms with Crippen LogP contribution in [0.15, 0.2) is 65.6 Å². The number of alkyl halides is 1. The Balaban J connectivity index is 1.61. The minimum atomic E-state index is -0.669. The summed E-state index contributed by atoms with van der Waals surface area (Å²) in [6.45, 7) is 3.49. The summed E-state index contributed by atoms with van der Waals surface area (Å²) in [5.41, 5.74) is 2.96. The summed E-state index contributed by atoms with van der Waals surface area (Å²) in [6, 6.07) is 16.9. The molecule has 0 unspecified atom stereocenters. The molecule has 1 aliphatic heterocycles. The normalized spacial score (nSPS) is 14.3. The van der Waals surface area contributed by atoms with Gasteiger partial charge in [-0.25, -0.2) is 23.2 Å². The molecule has 0 radical (unpaired) electrons. The van der Waals surface area contributed by atoms with Crippen LogP contribution in [0.4, 0.5) is 9.18 Å². The zero-order valence-electron chi connectivity index (χ0n) is 22.0. The molecule has 9 nitrogen and oxygen atoms in total. The van der Waals surface area contributed by atoms with Crippen LogP contribution < -0.4 is 11.0 Å². The predicted octanol–water partition coefficient (Wildman–Crippen LogP) is 4.04. The van der Waals surface area contributed by atoms with E-state index >= 15 is 0 Å². The fourth-order valence-electron chi connectivity index (χ4n) is 5.12. The lowest BCUT2D eigenvalue weighted by atomic mass is 9.97. The van der Waals surface area contributed by atoms with Gasteiger partial charge in [0.2, 0.25) is 0 Å². The highest BCUT2D eigenvalue weighted by molar-refractivity contribution is 5.83. The Labute approximate surface area is 225 Å². The van der Waals surface area contributed by atoms with Gasteiger partial charge in [0.05, 0.1) is 40.6 Å². The van der Waals surface area contributed by atoms with Crippen LogP contribution in [0.25, 0.3) is 22.8 Å². The van der Waals surface area contributed by atoms with Gasteiger partial charge in [-0.05, 0) is 93.8 Å². The number of benzene rings is 2. The van der Waals surface area contributed by atoms with Gasteiger partial charge in [-0.1, -0.05) is 12.1 Å². The van der Waals surface area contributed by atoms with Crippen molar-refractivity contribution in [3.05, 3.63) is 88.1 Å². The fraction of sp³-hybridized carbons (Fsp3) is 0.310. The maximum Gasteiger partial charge on any atom is 0.341 e. The third-order valence-electron chi connectivity index (χ3n) is 7.32. The van der Waals surface area contributed by atoms with Crippen molar-refractivity contribution in [1.82, 2.24) is 29.1 Å². The fourth-order valence-corrected chi connectivity index (χ4v) is 5.12. The molecule has 2 aromatic carbocycles. The molecule has 3 heterocycles. The van der Waals surface area contributed by atoms with E-state index in [1.54, 1.807) is 72.4 Å². The number of aromatic nitrogens is 4. The van der Waals surface area contributed by atoms with Gasteiger partial charge in [0.25, 0.3) is 0 Å². The Kier molecular flexibility index (Phi) is 7.43. The Hall–Kier alpha value is -4.49. The van der Waals surface area contributed by atoms with Crippen LogP contribution in [-0.4, -0.2) is 56.5 Å². The smallest absolute Gasteiger partial charge is 0.337 e. The van der Waals surface area contributed by atoms with Crippen molar-refractivity contribution in [3.63, 3.8) is 0 Å². The molecule has 39 heavy (non-hydrogen) atoms. The van der Waals surface area contributed by atoms with Crippen LogP contribution in [0.5, 0.6) is 0 Å². The SMILES string of the molecule is Cc1c(-c2ccnn2-c2ccc(C#N)cc2)n(C(=O)NCC2CCN(C)CC2)c(=O)n1-c1cccc(CF)c1. The number of nitriles is 1. The van der Waals surface area contributed by atoms with E-state index in [2.05, 4.69) is 28.4 Å². The number of carbonyl (C=O) groups excluding carboxylic acids is 1. The second kappa shape index (κ2) is 11.1. The van der Waals surface area contributed by atoms with E-state index in [9.17, 15) is 19.2 Å². The molecule has 0 saturated carbocycles. The van der Waals surface area contributed by atoms with Crippen molar-refractivity contribution < 1.29 is 9.18 Å². The predicted molar refractivity (Wildman–Crippen MR) is 146 cm³/mol. The van der Waals surface area contributed by atoms with E-state index in [0.717, 1.165) is 30.5 Å². The molecule has 0 bridgehead atoms. The first-order chi connectivity index (χ1) is 18.9. The maximum atomic E-state index is 13.9. The lowest BCUT2D eigenvalue weighted by molar-refractivity contribution is 0.210. The average molecular weight is 528 g/mol. The van der Waals surface area contributed by atoms with Crippen molar-refractivity contribution in [3.8, 4) is 28.8 Å². The molecule has 2 aromatic heterocycles. The summed E-state index contributed by atoms with van der Waals surface area (Å²) < 4.78 is 17.7. The molecular weight excluding hydrogens is 497 g/mol. The van der Waals surface area contributed by atoms with Crippen LogP contribution in [-0.2, 0) is 6.67 Å². The van der Waals surface area contributed by atoms with E-state index in [0.29, 0.717) is 52.0 Å². The molecule has 1 fully saturated rings. The number of nitrogens with one attached hydrogen (secondary N) is 1. The second-order valence-electron chi connectivity index (χ2n) is 9.91. The minimum Gasteiger partial charge on any atom is -0.337 e. The first-order valence-corrected chi connectivity index (χ1v) is 12.9. The first-order valence-electron chi connectivity index (χ1n) is 12.9. The van der Waals surface area contributed by atoms with Crippen LogP contribution >= 0.6 is 0 Å². The Morgan fingerprint density at radius 2 is 1.87 bits per heavy atom. The van der Waals surface area contributed by atoms with Crippen LogP contribution in [0.2, 0.25) is 0 Å². The molecule has 200 valence electrons. The standard InChI is InChI=1S/C29H30FN7O2/c1-20-27(26-10-13-33-37(26)24-8-6-21(18-31)7-9-24)36(28(38)32-19-22-11-14-34(2)15-12-22)29(39)35(20)25-5-3-4-23(16-25)17-30/h3-10,13,16,22H,11-12,14-15,17,19H2,1-2H3,(H,32,38). The first kappa shape index (κ1) is 26.1. The lowest BCUT2D eigenvalue weighted by Gasteiger charge is -2.28. The number of nitrogens with zero attached hydrogens (tertiary/aromatic N) is 6. The molecule has 0 atom stereocenters. The third kappa shape index (κ3) is 5.13. The maximum absolute atomic E-state index is 13.9. The van der Waals surface area contributed by atoms with E-state index in [1.807, 2.05) is 0 Å². The van der Waals surface area contributed by atoms with Gasteiger partial charge < -0.3 is 10.2 Å². The summed E-state index contributed by atoms with van der Waals surface area (Å²) >= 11 is 0. The molecule has 1 N–H and O–H groups in total. The Morgan fingerprint density at radius 1 is 1.13 bits per heavy atom. The van der Waals surface area contributed by atoms with Crippen molar-refractivity contribution in [2.24, 2.45) is 5.92 Å². The molecule has 10 heteroatoms. The molecule has 0 aliphatic carbocycles. The topological polar surface area (TPSA) is 101 Å². The summed E-state index contributed by atoms with van der Waals surface area (Å²) in [7, 11) is 2.08. The van der Waals surface area contributed by atoms with Gasteiger partial charge in [-0.3, -0.25) is 4.57 Å². The highest BCUT2D eigenvalue weighted by Crippen LogP contribution is 2.27. The number of piperidine rings is 1. The number of hydrogen-bond acceptors (Lipinski definition) is 5. The van der Waals surface area contributed by atoms with Gasteiger partial charge in [0, 0.05) is 6.54 Å². The van der Waals surface area contributed by atoms with Gasteiger partial charge >= 0.3 is 11.7 Å². The average Bonchev–Trinajstić information content (AvgIpc) is 3.54. The zero-order valence-corrected chi connectivity index (χ0v) is 22.0. The molecule has 0 spiro atoms. The quantitative estimate of drug-likeness (QED) is 0.408. The van der Waals surface area contributed by atoms with E-state index < -0.39 is 18.4 Å². The van der Waals surface area contributed by atoms with Gasteiger partial charge in [-0.15, -0.1) is 0 Å². The summed E-state index contributed by atoms with van der Waals surface area (Å²) in [4.78, 5) is 29.8. The third-order valence-corrected chi connectivity index (χ3v) is 7.32. The monoisotopic (exact) mass is 527 g/mol. The number of imidazole rings is 1. The number of rotatable bonds is 6. The number of amides is 1. The largest absolute Gasteiger partial charge is 0.341 e. The lowest BCUT2D eigenvalue weighted by Crippen LogP contribution is -2.41. The van der Waals surface area contributed by atoms with E-state index in [1.165, 1.54) is 4.57 Å². The van der Waals surface area contributed by atoms with Crippen molar-refractivity contribution in [1.29, 1.82) is 5.26 Å². The van der Waals surface area contributed by atoms with Gasteiger partial charge in [-0.2, -0.15) is 10.4 Å². The molecule has 1 aliphatic rings. The summed E-state index contributed by atoms with van der Waals surface area (Å²) in [5, 5.41) is 16.6. The van der Waals surface area contributed by atoms with Crippen molar-refractivity contribution in [2.45, 2.75) is 26.4 Å². The summed E-state index contributed by atoms with van der Waals surface area (Å²) in [6.07, 6.45) is 3.54.